The minimum Gasteiger partial charge on any atom is -0.378 e. The first-order chi connectivity index (χ1) is 7.44. The van der Waals surface area contributed by atoms with E-state index in [1.165, 1.54) is 7.11 Å². The normalized spacial score (nSPS) is 11.4. The van der Waals surface area contributed by atoms with Gasteiger partial charge in [0.1, 0.15) is 17.4 Å². The zero-order valence-corrected chi connectivity index (χ0v) is 9.91. The van der Waals surface area contributed by atoms with Crippen molar-refractivity contribution in [3.63, 3.8) is 0 Å². The number of nitrogens with one attached hydrogen (secondary N) is 1. The molecular formula is C8H14N4O3S. The molecule has 1 aromatic heterocycles. The number of hydrogen-bond donors (Lipinski definition) is 2. The average Bonchev–Trinajstić information content (AvgIpc) is 2.15. The van der Waals surface area contributed by atoms with E-state index >= 15 is 0 Å². The number of nitrogens with two attached hydrogens (primary N) is 1. The van der Waals surface area contributed by atoms with E-state index < -0.39 is 9.84 Å². The van der Waals surface area contributed by atoms with Gasteiger partial charge in [0, 0.05) is 19.4 Å². The fourth-order valence-electron chi connectivity index (χ4n) is 1.15. The van der Waals surface area contributed by atoms with Crippen LogP contribution < -0.4 is 11.3 Å². The van der Waals surface area contributed by atoms with Crippen molar-refractivity contribution in [2.45, 2.75) is 12.4 Å². The van der Waals surface area contributed by atoms with Crippen LogP contribution in [0.4, 0.5) is 5.82 Å². The van der Waals surface area contributed by atoms with E-state index in [0.29, 0.717) is 11.5 Å². The van der Waals surface area contributed by atoms with E-state index in [1.807, 2.05) is 0 Å². The Morgan fingerprint density at radius 1 is 1.50 bits per heavy atom. The fourth-order valence-corrected chi connectivity index (χ4v) is 1.75. The van der Waals surface area contributed by atoms with Gasteiger partial charge in [0.05, 0.1) is 12.3 Å². The molecule has 3 N–H and O–H groups in total. The van der Waals surface area contributed by atoms with Gasteiger partial charge in [-0.1, -0.05) is 0 Å². The highest BCUT2D eigenvalue weighted by Gasteiger charge is 2.10. The Labute approximate surface area is 93.9 Å². The molecule has 0 aliphatic carbocycles. The predicted octanol–water partition coefficient (Wildman–Crippen LogP) is -0.547. The standard InChI is InChI=1S/C8H14N4O3S/c1-15-4-6-3-7(12-9)11-8(10-6)5-16(2,13)14/h3H,4-5,9H2,1-2H3,(H,10,11,12). The quantitative estimate of drug-likeness (QED) is 0.530. The summed E-state index contributed by atoms with van der Waals surface area (Å²) in [7, 11) is -1.65. The summed E-state index contributed by atoms with van der Waals surface area (Å²) in [6.45, 7) is 0.272. The molecule has 0 saturated heterocycles. The lowest BCUT2D eigenvalue weighted by Gasteiger charge is -2.06. The number of nitrogens with zero attached hydrogens (tertiary/aromatic N) is 2. The molecule has 0 aliphatic rings. The van der Waals surface area contributed by atoms with Gasteiger partial charge in [-0.15, -0.1) is 0 Å². The first-order valence-corrected chi connectivity index (χ1v) is 6.51. The highest BCUT2D eigenvalue weighted by atomic mass is 32.2. The Bertz CT molecular complexity index is 460. The van der Waals surface area contributed by atoms with Crippen LogP contribution in [0.1, 0.15) is 11.5 Å². The van der Waals surface area contributed by atoms with E-state index in [-0.39, 0.29) is 18.2 Å². The molecule has 8 heteroatoms. The Hall–Kier alpha value is -1.25. The Balaban J connectivity index is 3.04. The van der Waals surface area contributed by atoms with Gasteiger partial charge >= 0.3 is 0 Å². The van der Waals surface area contributed by atoms with Crippen molar-refractivity contribution in [1.29, 1.82) is 0 Å². The minimum absolute atomic E-state index is 0.199. The number of methoxy groups -OCH3 is 1. The van der Waals surface area contributed by atoms with Gasteiger partial charge < -0.3 is 10.2 Å². The van der Waals surface area contributed by atoms with Gasteiger partial charge in [0.2, 0.25) is 0 Å². The second-order valence-electron chi connectivity index (χ2n) is 3.31. The topological polar surface area (TPSA) is 107 Å². The first-order valence-electron chi connectivity index (χ1n) is 4.44. The van der Waals surface area contributed by atoms with E-state index in [4.69, 9.17) is 10.6 Å². The number of hydrogen-bond acceptors (Lipinski definition) is 7. The number of aromatic nitrogens is 2. The van der Waals surface area contributed by atoms with E-state index in [9.17, 15) is 8.42 Å². The molecule has 16 heavy (non-hydrogen) atoms. The van der Waals surface area contributed by atoms with E-state index in [1.54, 1.807) is 6.07 Å². The number of nitrogen functional groups attached to an aromatic ring is 1. The van der Waals surface area contributed by atoms with Crippen LogP contribution in [-0.2, 0) is 26.9 Å². The molecule has 0 aliphatic heterocycles. The molecule has 0 bridgehead atoms. The van der Waals surface area contributed by atoms with Crippen molar-refractivity contribution >= 4 is 15.7 Å². The summed E-state index contributed by atoms with van der Waals surface area (Å²) in [5.74, 6) is 5.55. The summed E-state index contributed by atoms with van der Waals surface area (Å²) in [4.78, 5) is 7.98. The smallest absolute Gasteiger partial charge is 0.154 e. The van der Waals surface area contributed by atoms with Gasteiger partial charge in [0.25, 0.3) is 0 Å². The van der Waals surface area contributed by atoms with Crippen LogP contribution in [0.3, 0.4) is 0 Å². The summed E-state index contributed by atoms with van der Waals surface area (Å²) < 4.78 is 27.1. The van der Waals surface area contributed by atoms with Crippen molar-refractivity contribution < 1.29 is 13.2 Å². The molecule has 90 valence electrons. The fraction of sp³-hybridized carbons (Fsp3) is 0.500. The van der Waals surface area contributed by atoms with Crippen molar-refractivity contribution in [3.8, 4) is 0 Å². The second kappa shape index (κ2) is 5.19. The van der Waals surface area contributed by atoms with Crippen LogP contribution in [0, 0.1) is 0 Å². The predicted molar refractivity (Wildman–Crippen MR) is 59.1 cm³/mol. The molecule has 0 aromatic carbocycles. The molecule has 1 heterocycles. The summed E-state index contributed by atoms with van der Waals surface area (Å²) in [6, 6.07) is 1.59. The number of rotatable bonds is 5. The van der Waals surface area contributed by atoms with E-state index in [2.05, 4.69) is 15.4 Å². The van der Waals surface area contributed by atoms with Crippen LogP contribution in [0.15, 0.2) is 6.07 Å². The highest BCUT2D eigenvalue weighted by molar-refractivity contribution is 7.89. The van der Waals surface area contributed by atoms with Crippen molar-refractivity contribution in [2.75, 3.05) is 18.8 Å². The summed E-state index contributed by atoms with van der Waals surface area (Å²) >= 11 is 0. The third-order valence-electron chi connectivity index (χ3n) is 1.66. The van der Waals surface area contributed by atoms with Gasteiger partial charge in [-0.05, 0) is 0 Å². The van der Waals surface area contributed by atoms with Crippen LogP contribution in [0.2, 0.25) is 0 Å². The average molecular weight is 246 g/mol. The number of anilines is 1. The molecule has 0 saturated carbocycles. The third kappa shape index (κ3) is 4.09. The third-order valence-corrected chi connectivity index (χ3v) is 2.44. The molecule has 0 spiro atoms. The molecule has 0 amide bonds. The van der Waals surface area contributed by atoms with Gasteiger partial charge in [0.15, 0.2) is 9.84 Å². The lowest BCUT2D eigenvalue weighted by Crippen LogP contribution is -2.13. The van der Waals surface area contributed by atoms with Gasteiger partial charge in [-0.3, -0.25) is 0 Å². The maximum atomic E-state index is 11.1. The van der Waals surface area contributed by atoms with Gasteiger partial charge in [-0.25, -0.2) is 24.2 Å². The zero-order chi connectivity index (χ0) is 12.2. The Morgan fingerprint density at radius 2 is 2.19 bits per heavy atom. The van der Waals surface area contributed by atoms with Crippen molar-refractivity contribution in [2.24, 2.45) is 5.84 Å². The molecule has 7 nitrogen and oxygen atoms in total. The molecule has 1 aromatic rings. The Morgan fingerprint density at radius 3 is 2.69 bits per heavy atom. The molecule has 1 rings (SSSR count). The zero-order valence-electron chi connectivity index (χ0n) is 9.10. The van der Waals surface area contributed by atoms with Crippen LogP contribution in [-0.4, -0.2) is 31.8 Å². The number of ether oxygens (including phenoxy) is 1. The van der Waals surface area contributed by atoms with Crippen molar-refractivity contribution in [3.05, 3.63) is 17.6 Å². The summed E-state index contributed by atoms with van der Waals surface area (Å²) in [5, 5.41) is 0. The number of sulfone groups is 1. The lowest BCUT2D eigenvalue weighted by molar-refractivity contribution is 0.181. The molecule has 0 fully saturated rings. The highest BCUT2D eigenvalue weighted by Crippen LogP contribution is 2.08. The molecule has 0 radical (unpaired) electrons. The van der Waals surface area contributed by atoms with Crippen LogP contribution in [0.25, 0.3) is 0 Å². The minimum atomic E-state index is -3.17. The molecular weight excluding hydrogens is 232 g/mol. The second-order valence-corrected chi connectivity index (χ2v) is 5.45. The molecule has 0 atom stereocenters. The SMILES string of the molecule is COCc1cc(NN)nc(CS(C)(=O)=O)n1. The monoisotopic (exact) mass is 246 g/mol. The largest absolute Gasteiger partial charge is 0.378 e. The summed E-state index contributed by atoms with van der Waals surface area (Å²) in [6.07, 6.45) is 1.12. The maximum absolute atomic E-state index is 11.1. The van der Waals surface area contributed by atoms with Gasteiger partial charge in [-0.2, -0.15) is 0 Å². The maximum Gasteiger partial charge on any atom is 0.154 e. The molecule has 0 unspecified atom stereocenters. The van der Waals surface area contributed by atoms with Crippen LogP contribution >= 0.6 is 0 Å². The lowest BCUT2D eigenvalue weighted by atomic mass is 10.4. The van der Waals surface area contributed by atoms with Crippen LogP contribution in [0.5, 0.6) is 0 Å². The summed E-state index contributed by atoms with van der Waals surface area (Å²) in [5.41, 5.74) is 2.92. The first kappa shape index (κ1) is 12.8. The van der Waals surface area contributed by atoms with E-state index in [0.717, 1.165) is 6.26 Å². The Kier molecular flexibility index (Phi) is 4.16. The number of hydrazine groups is 1. The van der Waals surface area contributed by atoms with Crippen molar-refractivity contribution in [1.82, 2.24) is 9.97 Å².